The number of hydrogen-bond acceptors (Lipinski definition) is 4. The van der Waals surface area contributed by atoms with E-state index in [9.17, 15) is 9.59 Å². The smallest absolute Gasteiger partial charge is 0.276 e. The fourth-order valence-corrected chi connectivity index (χ4v) is 3.60. The number of aryl methyl sites for hydroxylation is 1. The average molecular weight is 383 g/mol. The zero-order valence-electron chi connectivity index (χ0n) is 16.9. The lowest BCUT2D eigenvalue weighted by atomic mass is 10.0. The second kappa shape index (κ2) is 9.01. The first-order valence-corrected chi connectivity index (χ1v) is 10.0. The highest BCUT2D eigenvalue weighted by Gasteiger charge is 2.30. The predicted molar refractivity (Wildman–Crippen MR) is 111 cm³/mol. The van der Waals surface area contributed by atoms with Crippen molar-refractivity contribution in [3.63, 3.8) is 0 Å². The van der Waals surface area contributed by atoms with E-state index in [0.717, 1.165) is 42.7 Å². The number of aromatic nitrogens is 2. The van der Waals surface area contributed by atoms with Gasteiger partial charge in [0.25, 0.3) is 5.91 Å². The van der Waals surface area contributed by atoms with Crippen molar-refractivity contribution < 1.29 is 9.59 Å². The van der Waals surface area contributed by atoms with Crippen LogP contribution in [0.5, 0.6) is 0 Å². The van der Waals surface area contributed by atoms with Crippen molar-refractivity contribution in [3.8, 4) is 0 Å². The molecular formula is C21H29N5O2. The van der Waals surface area contributed by atoms with Gasteiger partial charge in [0.05, 0.1) is 6.54 Å². The first kappa shape index (κ1) is 20.1. The third-order valence-corrected chi connectivity index (χ3v) is 4.96. The van der Waals surface area contributed by atoms with Crippen LogP contribution in [0, 0.1) is 6.92 Å². The van der Waals surface area contributed by atoms with E-state index in [0.29, 0.717) is 31.0 Å². The van der Waals surface area contributed by atoms with Crippen molar-refractivity contribution in [2.75, 3.05) is 36.4 Å². The van der Waals surface area contributed by atoms with Crippen molar-refractivity contribution in [1.82, 2.24) is 15.1 Å². The van der Waals surface area contributed by atoms with Gasteiger partial charge >= 0.3 is 0 Å². The van der Waals surface area contributed by atoms with Crippen molar-refractivity contribution in [1.29, 1.82) is 0 Å². The Morgan fingerprint density at radius 1 is 1.21 bits per heavy atom. The Bertz CT molecular complexity index is 822. The number of benzene rings is 1. The second-order valence-electron chi connectivity index (χ2n) is 7.29. The molecule has 0 bridgehead atoms. The van der Waals surface area contributed by atoms with E-state index in [1.165, 1.54) is 0 Å². The van der Waals surface area contributed by atoms with E-state index in [1.807, 2.05) is 31.2 Å². The first-order valence-electron chi connectivity index (χ1n) is 10.0. The molecule has 2 N–H and O–H groups in total. The summed E-state index contributed by atoms with van der Waals surface area (Å²) in [5, 5.41) is 9.92. The van der Waals surface area contributed by atoms with Crippen molar-refractivity contribution in [2.24, 2.45) is 0 Å². The molecule has 1 aliphatic heterocycles. The zero-order chi connectivity index (χ0) is 20.1. The number of nitrogens with one attached hydrogen (secondary N) is 2. The molecule has 28 heavy (non-hydrogen) atoms. The molecule has 0 saturated heterocycles. The molecule has 2 heterocycles. The maximum Gasteiger partial charge on any atom is 0.276 e. The number of carbonyl (C=O) groups is 2. The first-order chi connectivity index (χ1) is 13.5. The molecular weight excluding hydrogens is 354 g/mol. The molecule has 2 amide bonds. The number of H-pyrrole nitrogens is 1. The van der Waals surface area contributed by atoms with Crippen LogP contribution in [-0.4, -0.2) is 53.1 Å². The molecule has 0 atom stereocenters. The molecule has 3 rings (SSSR count). The van der Waals surface area contributed by atoms with Crippen LogP contribution in [0.1, 0.15) is 48.3 Å². The molecule has 2 aromatic rings. The van der Waals surface area contributed by atoms with Gasteiger partial charge in [-0.2, -0.15) is 5.10 Å². The van der Waals surface area contributed by atoms with E-state index < -0.39 is 0 Å². The minimum atomic E-state index is -0.114. The van der Waals surface area contributed by atoms with E-state index in [2.05, 4.69) is 34.3 Å². The SMILES string of the molecule is CCCN(CCC)CC(=O)Nc1n[nH]c2c1CCN(c1ccc(C)cc1)C2=O. The molecule has 0 saturated carbocycles. The number of aromatic amines is 1. The predicted octanol–water partition coefficient (Wildman–Crippen LogP) is 2.98. The van der Waals surface area contributed by atoms with E-state index >= 15 is 0 Å². The molecule has 1 aromatic heterocycles. The monoisotopic (exact) mass is 383 g/mol. The molecule has 0 fully saturated rings. The van der Waals surface area contributed by atoms with Gasteiger partial charge in [0.2, 0.25) is 5.91 Å². The van der Waals surface area contributed by atoms with Gasteiger partial charge in [0.1, 0.15) is 5.69 Å². The van der Waals surface area contributed by atoms with Gasteiger partial charge in [0, 0.05) is 17.8 Å². The minimum absolute atomic E-state index is 0.0930. The largest absolute Gasteiger partial charge is 0.308 e. The highest BCUT2D eigenvalue weighted by atomic mass is 16.2. The van der Waals surface area contributed by atoms with Gasteiger partial charge in [-0.25, -0.2) is 0 Å². The number of hydrogen-bond donors (Lipinski definition) is 2. The van der Waals surface area contributed by atoms with Crippen LogP contribution in [0.2, 0.25) is 0 Å². The summed E-state index contributed by atoms with van der Waals surface area (Å²) in [6.07, 6.45) is 2.66. The maximum absolute atomic E-state index is 12.9. The van der Waals surface area contributed by atoms with Gasteiger partial charge in [-0.05, 0) is 51.4 Å². The molecule has 0 aliphatic carbocycles. The molecule has 0 spiro atoms. The third-order valence-electron chi connectivity index (χ3n) is 4.96. The summed E-state index contributed by atoms with van der Waals surface area (Å²) >= 11 is 0. The summed E-state index contributed by atoms with van der Waals surface area (Å²) in [4.78, 5) is 29.2. The van der Waals surface area contributed by atoms with E-state index in [-0.39, 0.29) is 11.8 Å². The van der Waals surface area contributed by atoms with E-state index in [1.54, 1.807) is 4.90 Å². The summed E-state index contributed by atoms with van der Waals surface area (Å²) in [5.41, 5.74) is 3.28. The van der Waals surface area contributed by atoms with E-state index in [4.69, 9.17) is 0 Å². The molecule has 0 unspecified atom stereocenters. The van der Waals surface area contributed by atoms with Crippen LogP contribution < -0.4 is 10.2 Å². The molecule has 7 heteroatoms. The second-order valence-corrected chi connectivity index (χ2v) is 7.29. The maximum atomic E-state index is 12.9. The Balaban J connectivity index is 1.69. The highest BCUT2D eigenvalue weighted by molar-refractivity contribution is 6.08. The fourth-order valence-electron chi connectivity index (χ4n) is 3.60. The summed E-state index contributed by atoms with van der Waals surface area (Å²) in [6, 6.07) is 7.89. The normalized spacial score (nSPS) is 13.7. The van der Waals surface area contributed by atoms with Gasteiger partial charge in [-0.1, -0.05) is 31.5 Å². The molecule has 1 aliphatic rings. The number of rotatable bonds is 8. The van der Waals surface area contributed by atoms with Gasteiger partial charge in [-0.3, -0.25) is 19.6 Å². The molecule has 7 nitrogen and oxygen atoms in total. The Morgan fingerprint density at radius 2 is 1.89 bits per heavy atom. The Labute approximate surface area is 166 Å². The van der Waals surface area contributed by atoms with Crippen LogP contribution in [0.4, 0.5) is 11.5 Å². The lowest BCUT2D eigenvalue weighted by Crippen LogP contribution is -2.38. The number of nitrogens with zero attached hydrogens (tertiary/aromatic N) is 3. The fraction of sp³-hybridized carbons (Fsp3) is 0.476. The van der Waals surface area contributed by atoms with Crippen molar-refractivity contribution in [3.05, 3.63) is 41.1 Å². The number of fused-ring (bicyclic) bond motifs is 1. The number of anilines is 2. The lowest BCUT2D eigenvalue weighted by molar-refractivity contribution is -0.117. The number of carbonyl (C=O) groups excluding carboxylic acids is 2. The molecule has 150 valence electrons. The van der Waals surface area contributed by atoms with Crippen LogP contribution >= 0.6 is 0 Å². The highest BCUT2D eigenvalue weighted by Crippen LogP contribution is 2.27. The minimum Gasteiger partial charge on any atom is -0.308 e. The zero-order valence-corrected chi connectivity index (χ0v) is 16.9. The van der Waals surface area contributed by atoms with Gasteiger partial charge in [0.15, 0.2) is 5.82 Å². The molecule has 0 radical (unpaired) electrons. The number of amides is 2. The molecule has 1 aromatic carbocycles. The van der Waals surface area contributed by atoms with Crippen LogP contribution in [-0.2, 0) is 11.2 Å². The van der Waals surface area contributed by atoms with Crippen LogP contribution in [0.3, 0.4) is 0 Å². The van der Waals surface area contributed by atoms with Gasteiger partial charge in [-0.15, -0.1) is 0 Å². The Kier molecular flexibility index (Phi) is 6.46. The standard InChI is InChI=1S/C21H29N5O2/c1-4-11-25(12-5-2)14-18(27)22-20-17-10-13-26(21(28)19(17)23-24-20)16-8-6-15(3)7-9-16/h6-9H,4-5,10-14H2,1-3H3,(H2,22,23,24,27). The summed E-state index contributed by atoms with van der Waals surface area (Å²) in [5.74, 6) is 0.270. The topological polar surface area (TPSA) is 81.3 Å². The Morgan fingerprint density at radius 3 is 2.54 bits per heavy atom. The quantitative estimate of drug-likeness (QED) is 0.734. The van der Waals surface area contributed by atoms with Crippen molar-refractivity contribution in [2.45, 2.75) is 40.0 Å². The Hall–Kier alpha value is -2.67. The lowest BCUT2D eigenvalue weighted by Gasteiger charge is -2.27. The summed E-state index contributed by atoms with van der Waals surface area (Å²) < 4.78 is 0. The van der Waals surface area contributed by atoms with Gasteiger partial charge < -0.3 is 10.2 Å². The van der Waals surface area contributed by atoms with Crippen LogP contribution in [0.25, 0.3) is 0 Å². The average Bonchev–Trinajstić information content (AvgIpc) is 3.07. The summed E-state index contributed by atoms with van der Waals surface area (Å²) in [7, 11) is 0. The summed E-state index contributed by atoms with van der Waals surface area (Å²) in [6.45, 7) is 8.92. The van der Waals surface area contributed by atoms with Crippen LogP contribution in [0.15, 0.2) is 24.3 Å². The third kappa shape index (κ3) is 4.42. The van der Waals surface area contributed by atoms with Crippen molar-refractivity contribution >= 4 is 23.3 Å².